The van der Waals surface area contributed by atoms with Crippen molar-refractivity contribution in [3.8, 4) is 11.4 Å². The zero-order chi connectivity index (χ0) is 23.9. The van der Waals surface area contributed by atoms with Crippen molar-refractivity contribution in [1.29, 1.82) is 0 Å². The number of hydrogen-bond donors (Lipinski definition) is 1. The summed E-state index contributed by atoms with van der Waals surface area (Å²) in [6.45, 7) is 8.10. The first kappa shape index (κ1) is 23.7. The van der Waals surface area contributed by atoms with Gasteiger partial charge in [-0.2, -0.15) is 5.10 Å². The van der Waals surface area contributed by atoms with Crippen LogP contribution in [0, 0.1) is 13.8 Å². The second-order valence-corrected chi connectivity index (χ2v) is 8.99. The molecule has 9 heteroatoms. The minimum Gasteiger partial charge on any atom is -0.351 e. The van der Waals surface area contributed by atoms with E-state index in [0.29, 0.717) is 13.1 Å². The number of rotatable bonds is 10. The van der Waals surface area contributed by atoms with Gasteiger partial charge in [-0.1, -0.05) is 49.0 Å². The summed E-state index contributed by atoms with van der Waals surface area (Å²) in [4.78, 5) is 16.7. The molecule has 3 aromatic heterocycles. The van der Waals surface area contributed by atoms with E-state index in [1.807, 2.05) is 48.9 Å². The fourth-order valence-electron chi connectivity index (χ4n) is 3.80. The highest BCUT2D eigenvalue weighted by molar-refractivity contribution is 7.99. The Morgan fingerprint density at radius 3 is 2.56 bits per heavy atom. The highest BCUT2D eigenvalue weighted by Gasteiger charge is 2.16. The van der Waals surface area contributed by atoms with Crippen LogP contribution in [-0.2, 0) is 24.4 Å². The molecule has 0 aliphatic rings. The molecule has 0 atom stereocenters. The van der Waals surface area contributed by atoms with Gasteiger partial charge in [-0.3, -0.25) is 14.5 Å². The van der Waals surface area contributed by atoms with E-state index in [1.54, 1.807) is 12.4 Å². The minimum atomic E-state index is -0.0453. The zero-order valence-corrected chi connectivity index (χ0v) is 20.5. The second kappa shape index (κ2) is 11.1. The molecule has 0 unspecified atom stereocenters. The average molecular weight is 476 g/mol. The summed E-state index contributed by atoms with van der Waals surface area (Å²) in [5.41, 5.74) is 5.22. The molecule has 4 aromatic rings. The number of aromatic nitrogens is 6. The van der Waals surface area contributed by atoms with Crippen LogP contribution >= 0.6 is 11.8 Å². The predicted molar refractivity (Wildman–Crippen MR) is 133 cm³/mol. The van der Waals surface area contributed by atoms with Crippen molar-refractivity contribution in [2.24, 2.45) is 0 Å². The number of carbonyl (C=O) groups excluding carboxylic acids is 1. The molecule has 176 valence electrons. The van der Waals surface area contributed by atoms with E-state index >= 15 is 0 Å². The van der Waals surface area contributed by atoms with Crippen LogP contribution in [0.25, 0.3) is 11.4 Å². The highest BCUT2D eigenvalue weighted by Crippen LogP contribution is 2.24. The Hall–Kier alpha value is -3.46. The van der Waals surface area contributed by atoms with Crippen LogP contribution in [0.4, 0.5) is 0 Å². The summed E-state index contributed by atoms with van der Waals surface area (Å²) in [6, 6.07) is 14.1. The summed E-state index contributed by atoms with van der Waals surface area (Å²) < 4.78 is 4.06. The van der Waals surface area contributed by atoms with E-state index in [4.69, 9.17) is 0 Å². The van der Waals surface area contributed by atoms with Crippen molar-refractivity contribution in [3.63, 3.8) is 0 Å². The molecule has 1 aromatic carbocycles. The maximum Gasteiger partial charge on any atom is 0.230 e. The van der Waals surface area contributed by atoms with Gasteiger partial charge in [0.1, 0.15) is 0 Å². The lowest BCUT2D eigenvalue weighted by Crippen LogP contribution is -2.25. The number of carbonyl (C=O) groups is 1. The van der Waals surface area contributed by atoms with Crippen molar-refractivity contribution in [1.82, 2.24) is 34.8 Å². The molecule has 0 aliphatic heterocycles. The van der Waals surface area contributed by atoms with E-state index in [0.717, 1.165) is 46.5 Å². The number of amides is 1. The number of nitrogens with zero attached hydrogens (tertiary/aromatic N) is 6. The third-order valence-electron chi connectivity index (χ3n) is 5.60. The average Bonchev–Trinajstić information content (AvgIpc) is 3.37. The highest BCUT2D eigenvalue weighted by atomic mass is 32.2. The lowest BCUT2D eigenvalue weighted by molar-refractivity contribution is -0.118. The van der Waals surface area contributed by atoms with Gasteiger partial charge in [0.05, 0.1) is 18.0 Å². The van der Waals surface area contributed by atoms with Crippen molar-refractivity contribution < 1.29 is 4.79 Å². The molecule has 0 radical (unpaired) electrons. The molecule has 0 spiro atoms. The Morgan fingerprint density at radius 1 is 1.06 bits per heavy atom. The molecule has 4 rings (SSSR count). The molecule has 1 amide bonds. The third kappa shape index (κ3) is 5.53. The number of pyridine rings is 1. The molecule has 0 saturated heterocycles. The van der Waals surface area contributed by atoms with Crippen LogP contribution in [0.1, 0.15) is 35.9 Å². The van der Waals surface area contributed by atoms with Crippen LogP contribution in [0.15, 0.2) is 60.0 Å². The normalized spacial score (nSPS) is 11.0. The Balaban J connectivity index is 1.37. The second-order valence-electron chi connectivity index (χ2n) is 8.05. The minimum absolute atomic E-state index is 0.0453. The lowest BCUT2D eigenvalue weighted by Gasteiger charge is -2.09. The van der Waals surface area contributed by atoms with Crippen LogP contribution in [0.5, 0.6) is 0 Å². The molecule has 0 bridgehead atoms. The van der Waals surface area contributed by atoms with Gasteiger partial charge in [0.25, 0.3) is 0 Å². The number of aryl methyl sites for hydroxylation is 1. The number of benzene rings is 1. The Kier molecular flexibility index (Phi) is 7.74. The SMILES string of the molecule is CCCn1c(SCC(=O)NCc2c(C)nn(Cc3ccccc3)c2C)nnc1-c1ccncc1. The molecule has 0 aliphatic carbocycles. The molecule has 0 saturated carbocycles. The van der Waals surface area contributed by atoms with E-state index < -0.39 is 0 Å². The van der Waals surface area contributed by atoms with Crippen LogP contribution in [0.2, 0.25) is 0 Å². The van der Waals surface area contributed by atoms with Gasteiger partial charge in [0.2, 0.25) is 5.91 Å². The quantitative estimate of drug-likeness (QED) is 0.349. The van der Waals surface area contributed by atoms with Gasteiger partial charge in [-0.05, 0) is 38.0 Å². The molecule has 0 fully saturated rings. The number of nitrogens with one attached hydrogen (secondary N) is 1. The third-order valence-corrected chi connectivity index (χ3v) is 6.57. The standard InChI is InChI=1S/C25H29N7OS/c1-4-14-31-24(21-10-12-26-13-11-21)28-29-25(31)34-17-23(33)27-15-22-18(2)30-32(19(22)3)16-20-8-6-5-7-9-20/h5-13H,4,14-17H2,1-3H3,(H,27,33). The van der Waals surface area contributed by atoms with Crippen LogP contribution < -0.4 is 5.32 Å². The summed E-state index contributed by atoms with van der Waals surface area (Å²) in [5.74, 6) is 1.02. The van der Waals surface area contributed by atoms with Gasteiger partial charge >= 0.3 is 0 Å². The van der Waals surface area contributed by atoms with E-state index in [1.165, 1.54) is 17.3 Å². The molecular formula is C25H29N7OS. The van der Waals surface area contributed by atoms with Crippen molar-refractivity contribution in [2.45, 2.75) is 52.0 Å². The number of thioether (sulfide) groups is 1. The van der Waals surface area contributed by atoms with E-state index in [2.05, 4.69) is 49.2 Å². The zero-order valence-electron chi connectivity index (χ0n) is 19.7. The van der Waals surface area contributed by atoms with Gasteiger partial charge in [-0.25, -0.2) is 0 Å². The first-order valence-electron chi connectivity index (χ1n) is 11.4. The summed E-state index contributed by atoms with van der Waals surface area (Å²) in [7, 11) is 0. The largest absolute Gasteiger partial charge is 0.351 e. The van der Waals surface area contributed by atoms with Crippen molar-refractivity contribution >= 4 is 17.7 Å². The van der Waals surface area contributed by atoms with Gasteiger partial charge in [0, 0.05) is 42.3 Å². The Bertz CT molecular complexity index is 1240. The van der Waals surface area contributed by atoms with Gasteiger partial charge in [-0.15, -0.1) is 10.2 Å². The topological polar surface area (TPSA) is 90.5 Å². The maximum absolute atomic E-state index is 12.6. The van der Waals surface area contributed by atoms with Crippen LogP contribution in [-0.4, -0.2) is 41.2 Å². The molecule has 3 heterocycles. The first-order valence-corrected chi connectivity index (χ1v) is 12.3. The molecule has 34 heavy (non-hydrogen) atoms. The monoisotopic (exact) mass is 475 g/mol. The summed E-state index contributed by atoms with van der Waals surface area (Å²) in [6.07, 6.45) is 4.43. The lowest BCUT2D eigenvalue weighted by atomic mass is 10.2. The van der Waals surface area contributed by atoms with E-state index in [-0.39, 0.29) is 11.7 Å². The molecule has 1 N–H and O–H groups in total. The number of hydrogen-bond acceptors (Lipinski definition) is 6. The van der Waals surface area contributed by atoms with E-state index in [9.17, 15) is 4.79 Å². The molecular weight excluding hydrogens is 446 g/mol. The molecule has 8 nitrogen and oxygen atoms in total. The van der Waals surface area contributed by atoms with Gasteiger partial charge < -0.3 is 9.88 Å². The summed E-state index contributed by atoms with van der Waals surface area (Å²) >= 11 is 1.40. The first-order chi connectivity index (χ1) is 16.6. The fraction of sp³-hybridized carbons (Fsp3) is 0.320. The fourth-order valence-corrected chi connectivity index (χ4v) is 4.60. The predicted octanol–water partition coefficient (Wildman–Crippen LogP) is 4.02. The van der Waals surface area contributed by atoms with Gasteiger partial charge in [0.15, 0.2) is 11.0 Å². The van der Waals surface area contributed by atoms with Crippen molar-refractivity contribution in [3.05, 3.63) is 77.4 Å². The van der Waals surface area contributed by atoms with Crippen LogP contribution in [0.3, 0.4) is 0 Å². The Labute approximate surface area is 203 Å². The smallest absolute Gasteiger partial charge is 0.230 e. The van der Waals surface area contributed by atoms with Crippen molar-refractivity contribution in [2.75, 3.05) is 5.75 Å². The summed E-state index contributed by atoms with van der Waals surface area (Å²) in [5, 5.41) is 17.1. The Morgan fingerprint density at radius 2 is 1.82 bits per heavy atom. The maximum atomic E-state index is 12.6.